The van der Waals surface area contributed by atoms with Crippen LogP contribution < -0.4 is 11.1 Å². The summed E-state index contributed by atoms with van der Waals surface area (Å²) in [6.45, 7) is 6.35. The Morgan fingerprint density at radius 1 is 1.24 bits per heavy atom. The molecular weight excluding hydrogens is 330 g/mol. The average molecular weight is 357 g/mol. The number of amides is 2. The van der Waals surface area contributed by atoms with E-state index in [-0.39, 0.29) is 12.1 Å². The van der Waals surface area contributed by atoms with Crippen molar-refractivity contribution in [2.75, 3.05) is 19.6 Å². The third-order valence-electron chi connectivity index (χ3n) is 4.97. The lowest BCUT2D eigenvalue weighted by Gasteiger charge is -2.36. The van der Waals surface area contributed by atoms with Gasteiger partial charge in [-0.3, -0.25) is 9.59 Å². The fraction of sp³-hybridized carbons (Fsp3) is 0.875. The van der Waals surface area contributed by atoms with Gasteiger partial charge in [-0.1, -0.05) is 0 Å². The summed E-state index contributed by atoms with van der Waals surface area (Å²) in [5, 5.41) is 12.8. The minimum Gasteiger partial charge on any atom is -0.387 e. The Balaban J connectivity index is 1.46. The minimum absolute atomic E-state index is 0.00827. The zero-order chi connectivity index (χ0) is 18.4. The lowest BCUT2D eigenvalue weighted by Crippen LogP contribution is -2.53. The van der Waals surface area contributed by atoms with Crippen LogP contribution in [0.3, 0.4) is 0 Å². The first-order valence-corrected chi connectivity index (χ1v) is 8.63. The summed E-state index contributed by atoms with van der Waals surface area (Å²) in [6.07, 6.45) is -1.58. The molecule has 0 aromatic carbocycles. The first-order valence-electron chi connectivity index (χ1n) is 8.63. The van der Waals surface area contributed by atoms with Crippen LogP contribution in [0.1, 0.15) is 33.6 Å². The van der Waals surface area contributed by atoms with Crippen molar-refractivity contribution in [3.05, 3.63) is 0 Å². The summed E-state index contributed by atoms with van der Waals surface area (Å²) in [6, 6.07) is 0. The highest BCUT2D eigenvalue weighted by molar-refractivity contribution is 6.35. The van der Waals surface area contributed by atoms with E-state index in [1.165, 1.54) is 4.90 Å². The van der Waals surface area contributed by atoms with E-state index in [2.05, 4.69) is 5.32 Å². The summed E-state index contributed by atoms with van der Waals surface area (Å²) < 4.78 is 16.7. The predicted octanol–water partition coefficient (Wildman–Crippen LogP) is -1.32. The van der Waals surface area contributed by atoms with E-state index in [0.29, 0.717) is 25.9 Å². The second kappa shape index (κ2) is 6.48. The molecule has 0 radical (unpaired) electrons. The standard InChI is InChI=1S/C16H27N3O6/c1-15(2)24-11-10(20)9(23-14(11)25-15)8-18-12(21)13(22)19-6-4-16(3,17)5-7-19/h9-11,14,20H,4-8,17H2,1-3H3,(H,18,21)/t9-,10+,11-,14-/m1/s1. The van der Waals surface area contributed by atoms with E-state index < -0.39 is 42.2 Å². The van der Waals surface area contributed by atoms with Gasteiger partial charge >= 0.3 is 11.8 Å². The zero-order valence-electron chi connectivity index (χ0n) is 14.9. The van der Waals surface area contributed by atoms with E-state index in [1.807, 2.05) is 6.92 Å². The molecule has 3 rings (SSSR count). The molecule has 0 bridgehead atoms. The molecular formula is C16H27N3O6. The average Bonchev–Trinajstić information content (AvgIpc) is 2.97. The Kier molecular flexibility index (Phi) is 4.80. The molecule has 4 N–H and O–H groups in total. The van der Waals surface area contributed by atoms with Gasteiger partial charge in [0.15, 0.2) is 12.1 Å². The number of likely N-dealkylation sites (tertiary alicyclic amines) is 1. The van der Waals surface area contributed by atoms with Gasteiger partial charge in [0.25, 0.3) is 0 Å². The number of hydrogen-bond donors (Lipinski definition) is 3. The van der Waals surface area contributed by atoms with Crippen LogP contribution in [-0.4, -0.2) is 77.4 Å². The summed E-state index contributed by atoms with van der Waals surface area (Å²) in [5.74, 6) is -2.11. The monoisotopic (exact) mass is 357 g/mol. The molecule has 3 aliphatic heterocycles. The quantitative estimate of drug-likeness (QED) is 0.524. The van der Waals surface area contributed by atoms with Gasteiger partial charge in [-0.25, -0.2) is 0 Å². The summed E-state index contributed by atoms with van der Waals surface area (Å²) in [5.41, 5.74) is 5.74. The highest BCUT2D eigenvalue weighted by Crippen LogP contribution is 2.37. The fourth-order valence-electron chi connectivity index (χ4n) is 3.36. The molecule has 0 aliphatic carbocycles. The maximum Gasteiger partial charge on any atom is 0.311 e. The molecule has 4 atom stereocenters. The third kappa shape index (κ3) is 3.95. The Bertz CT molecular complexity index is 542. The number of rotatable bonds is 2. The summed E-state index contributed by atoms with van der Waals surface area (Å²) in [7, 11) is 0. The van der Waals surface area contributed by atoms with Crippen molar-refractivity contribution in [1.82, 2.24) is 10.2 Å². The molecule has 0 saturated carbocycles. The van der Waals surface area contributed by atoms with Crippen molar-refractivity contribution < 1.29 is 28.9 Å². The number of ether oxygens (including phenoxy) is 3. The van der Waals surface area contributed by atoms with Crippen LogP contribution in [0.15, 0.2) is 0 Å². The van der Waals surface area contributed by atoms with Crippen molar-refractivity contribution in [3.63, 3.8) is 0 Å². The van der Waals surface area contributed by atoms with Crippen LogP contribution in [0, 0.1) is 0 Å². The van der Waals surface area contributed by atoms with Crippen molar-refractivity contribution in [1.29, 1.82) is 0 Å². The lowest BCUT2D eigenvalue weighted by molar-refractivity contribution is -0.214. The molecule has 142 valence electrons. The maximum atomic E-state index is 12.2. The molecule has 2 amide bonds. The number of nitrogens with two attached hydrogens (primary N) is 1. The highest BCUT2D eigenvalue weighted by atomic mass is 16.8. The van der Waals surface area contributed by atoms with Gasteiger partial charge in [0.05, 0.1) is 0 Å². The van der Waals surface area contributed by atoms with Gasteiger partial charge < -0.3 is 35.3 Å². The van der Waals surface area contributed by atoms with E-state index in [4.69, 9.17) is 19.9 Å². The van der Waals surface area contributed by atoms with Crippen molar-refractivity contribution in [2.45, 2.75) is 69.5 Å². The van der Waals surface area contributed by atoms with Gasteiger partial charge in [0.1, 0.15) is 18.3 Å². The molecule has 3 aliphatic rings. The first kappa shape index (κ1) is 18.5. The first-order chi connectivity index (χ1) is 11.6. The predicted molar refractivity (Wildman–Crippen MR) is 86.1 cm³/mol. The van der Waals surface area contributed by atoms with E-state index in [9.17, 15) is 14.7 Å². The third-order valence-corrected chi connectivity index (χ3v) is 4.97. The normalized spacial score (nSPS) is 36.1. The van der Waals surface area contributed by atoms with E-state index >= 15 is 0 Å². The largest absolute Gasteiger partial charge is 0.387 e. The van der Waals surface area contributed by atoms with Crippen LogP contribution >= 0.6 is 0 Å². The topological polar surface area (TPSA) is 123 Å². The van der Waals surface area contributed by atoms with Gasteiger partial charge in [-0.05, 0) is 33.6 Å². The molecule has 25 heavy (non-hydrogen) atoms. The second-order valence-electron chi connectivity index (χ2n) is 7.79. The van der Waals surface area contributed by atoms with E-state index in [1.54, 1.807) is 13.8 Å². The molecule has 3 heterocycles. The molecule has 9 nitrogen and oxygen atoms in total. The SMILES string of the molecule is CC1(N)CCN(C(=O)C(=O)NC[C@H]2O[C@@H]3OC(C)(C)O[C@@H]3[C@H]2O)CC1. The molecule has 0 aromatic rings. The number of fused-ring (bicyclic) bond motifs is 1. The summed E-state index contributed by atoms with van der Waals surface area (Å²) in [4.78, 5) is 25.8. The summed E-state index contributed by atoms with van der Waals surface area (Å²) >= 11 is 0. The molecule has 3 saturated heterocycles. The van der Waals surface area contributed by atoms with E-state index in [0.717, 1.165) is 0 Å². The number of piperidine rings is 1. The van der Waals surface area contributed by atoms with Crippen molar-refractivity contribution >= 4 is 11.8 Å². The van der Waals surface area contributed by atoms with Crippen LogP contribution in [-0.2, 0) is 23.8 Å². The number of nitrogens with zero attached hydrogens (tertiary/aromatic N) is 1. The molecule has 0 unspecified atom stereocenters. The Hall–Kier alpha value is -1.26. The lowest BCUT2D eigenvalue weighted by atomic mass is 9.91. The fourth-order valence-corrected chi connectivity index (χ4v) is 3.36. The zero-order valence-corrected chi connectivity index (χ0v) is 14.9. The van der Waals surface area contributed by atoms with Gasteiger partial charge in [-0.2, -0.15) is 0 Å². The molecule has 0 aromatic heterocycles. The second-order valence-corrected chi connectivity index (χ2v) is 7.79. The van der Waals surface area contributed by atoms with Crippen molar-refractivity contribution in [2.24, 2.45) is 5.73 Å². The number of carbonyl (C=O) groups excluding carboxylic acids is 2. The van der Waals surface area contributed by atoms with Crippen molar-refractivity contribution in [3.8, 4) is 0 Å². The Morgan fingerprint density at radius 3 is 2.48 bits per heavy atom. The highest BCUT2D eigenvalue weighted by Gasteiger charge is 2.54. The number of aliphatic hydroxyl groups is 1. The minimum atomic E-state index is -0.935. The number of carbonyl (C=O) groups is 2. The van der Waals surface area contributed by atoms with Crippen LogP contribution in [0.5, 0.6) is 0 Å². The smallest absolute Gasteiger partial charge is 0.311 e. The molecule has 3 fully saturated rings. The van der Waals surface area contributed by atoms with Crippen LogP contribution in [0.4, 0.5) is 0 Å². The Labute approximate surface area is 146 Å². The molecule has 0 spiro atoms. The van der Waals surface area contributed by atoms with Crippen LogP contribution in [0.25, 0.3) is 0 Å². The van der Waals surface area contributed by atoms with Gasteiger partial charge in [-0.15, -0.1) is 0 Å². The number of aliphatic hydroxyl groups excluding tert-OH is 1. The molecule has 9 heteroatoms. The maximum absolute atomic E-state index is 12.2. The van der Waals surface area contributed by atoms with Gasteiger partial charge in [0.2, 0.25) is 0 Å². The van der Waals surface area contributed by atoms with Gasteiger partial charge in [0, 0.05) is 25.2 Å². The Morgan fingerprint density at radius 2 is 1.88 bits per heavy atom. The number of hydrogen-bond acceptors (Lipinski definition) is 7. The van der Waals surface area contributed by atoms with Crippen LogP contribution in [0.2, 0.25) is 0 Å². The number of nitrogens with one attached hydrogen (secondary N) is 1.